The average molecular weight is 492 g/mol. The molecule has 0 bridgehead atoms. The van der Waals surface area contributed by atoms with Gasteiger partial charge in [0.05, 0.1) is 17.1 Å². The fraction of sp³-hybridized carbons (Fsp3) is 0.227. The van der Waals surface area contributed by atoms with Crippen LogP contribution in [-0.4, -0.2) is 45.7 Å². The van der Waals surface area contributed by atoms with Gasteiger partial charge in [-0.2, -0.15) is 0 Å². The zero-order valence-corrected chi connectivity index (χ0v) is 19.7. The van der Waals surface area contributed by atoms with Gasteiger partial charge in [0.1, 0.15) is 22.1 Å². The number of hydrogen-bond donors (Lipinski definition) is 1. The van der Waals surface area contributed by atoms with Crippen LogP contribution in [0.25, 0.3) is 11.3 Å². The normalized spacial score (nSPS) is 11.1. The third-order valence-electron chi connectivity index (χ3n) is 4.37. The number of hydrogen-bond acceptors (Lipinski definition) is 9. The van der Waals surface area contributed by atoms with Gasteiger partial charge in [0.15, 0.2) is 16.4 Å². The smallest absolute Gasteiger partial charge is 0.341 e. The maximum atomic E-state index is 12.5. The highest BCUT2D eigenvalue weighted by Gasteiger charge is 2.25. The summed E-state index contributed by atoms with van der Waals surface area (Å²) in [6.07, 6.45) is 0.970. The van der Waals surface area contributed by atoms with Gasteiger partial charge in [-0.3, -0.25) is 4.79 Å². The predicted octanol–water partition coefficient (Wildman–Crippen LogP) is 3.69. The van der Waals surface area contributed by atoms with E-state index < -0.39 is 34.3 Å². The van der Waals surface area contributed by atoms with Gasteiger partial charge in [-0.15, -0.1) is 11.3 Å². The van der Waals surface area contributed by atoms with Crippen molar-refractivity contribution in [3.8, 4) is 11.3 Å². The van der Waals surface area contributed by atoms with Crippen LogP contribution in [0.4, 0.5) is 5.00 Å². The Hall–Kier alpha value is -3.44. The highest BCUT2D eigenvalue weighted by molar-refractivity contribution is 7.90. The molecule has 0 saturated carbocycles. The average Bonchev–Trinajstić information content (AvgIpc) is 3.37. The molecule has 0 aliphatic carbocycles. The van der Waals surface area contributed by atoms with Crippen LogP contribution in [-0.2, 0) is 24.1 Å². The van der Waals surface area contributed by atoms with Gasteiger partial charge >= 0.3 is 11.9 Å². The Kier molecular flexibility index (Phi) is 7.34. The summed E-state index contributed by atoms with van der Waals surface area (Å²) in [5.41, 5.74) is 0.408. The Bertz CT molecular complexity index is 1300. The lowest BCUT2D eigenvalue weighted by Gasteiger charge is -2.10. The van der Waals surface area contributed by atoms with Gasteiger partial charge in [0, 0.05) is 17.2 Å². The Morgan fingerprint density at radius 1 is 1.06 bits per heavy atom. The first kappa shape index (κ1) is 24.2. The zero-order chi connectivity index (χ0) is 24.2. The van der Waals surface area contributed by atoms with Crippen LogP contribution in [0.2, 0.25) is 0 Å². The third kappa shape index (κ3) is 5.68. The quantitative estimate of drug-likeness (QED) is 0.472. The number of ether oxygens (including phenoxy) is 2. The SMILES string of the molecule is CCOC(=O)c1c(-c2ccc(C)o2)csc1NC(=O)COC(=O)c1ccccc1S(C)(=O)=O. The number of anilines is 1. The van der Waals surface area contributed by atoms with Crippen molar-refractivity contribution in [3.63, 3.8) is 0 Å². The van der Waals surface area contributed by atoms with E-state index in [-0.39, 0.29) is 27.6 Å². The van der Waals surface area contributed by atoms with E-state index in [1.165, 1.54) is 24.3 Å². The maximum absolute atomic E-state index is 12.5. The summed E-state index contributed by atoms with van der Waals surface area (Å²) < 4.78 is 39.4. The molecular weight excluding hydrogens is 470 g/mol. The Morgan fingerprint density at radius 2 is 1.79 bits per heavy atom. The fourth-order valence-electron chi connectivity index (χ4n) is 2.95. The summed E-state index contributed by atoms with van der Waals surface area (Å²) >= 11 is 1.09. The Morgan fingerprint density at radius 3 is 2.42 bits per heavy atom. The fourth-order valence-corrected chi connectivity index (χ4v) is 4.78. The summed E-state index contributed by atoms with van der Waals surface area (Å²) in [5, 5.41) is 4.39. The first-order valence-electron chi connectivity index (χ1n) is 9.73. The molecule has 0 fully saturated rings. The highest BCUT2D eigenvalue weighted by atomic mass is 32.2. The van der Waals surface area contributed by atoms with Gasteiger partial charge in [-0.25, -0.2) is 18.0 Å². The van der Waals surface area contributed by atoms with E-state index in [4.69, 9.17) is 13.9 Å². The molecule has 1 aromatic carbocycles. The monoisotopic (exact) mass is 491 g/mol. The molecule has 0 aliphatic rings. The first-order valence-corrected chi connectivity index (χ1v) is 12.5. The minimum Gasteiger partial charge on any atom is -0.462 e. The molecule has 174 valence electrons. The van der Waals surface area contributed by atoms with Crippen LogP contribution in [0, 0.1) is 6.92 Å². The minimum absolute atomic E-state index is 0.123. The van der Waals surface area contributed by atoms with Crippen LogP contribution >= 0.6 is 11.3 Å². The van der Waals surface area contributed by atoms with Crippen LogP contribution in [0.3, 0.4) is 0 Å². The summed E-state index contributed by atoms with van der Waals surface area (Å²) in [5.74, 6) is -1.23. The number of carbonyl (C=O) groups excluding carboxylic acids is 3. The molecule has 0 aliphatic heterocycles. The van der Waals surface area contributed by atoms with Crippen molar-refractivity contribution in [1.82, 2.24) is 0 Å². The summed E-state index contributed by atoms with van der Waals surface area (Å²) in [7, 11) is -3.67. The maximum Gasteiger partial charge on any atom is 0.341 e. The second kappa shape index (κ2) is 10.0. The van der Waals surface area contributed by atoms with Gasteiger partial charge in [0.2, 0.25) is 0 Å². The summed E-state index contributed by atoms with van der Waals surface area (Å²) in [6, 6.07) is 8.99. The number of esters is 2. The molecule has 9 nitrogen and oxygen atoms in total. The van der Waals surface area contributed by atoms with E-state index in [1.54, 1.807) is 31.4 Å². The van der Waals surface area contributed by atoms with Crippen LogP contribution < -0.4 is 5.32 Å². The molecule has 0 unspecified atom stereocenters. The number of amides is 1. The number of sulfone groups is 1. The number of carbonyl (C=O) groups is 3. The van der Waals surface area contributed by atoms with Gasteiger partial charge in [0.25, 0.3) is 5.91 Å². The topological polar surface area (TPSA) is 129 Å². The summed E-state index contributed by atoms with van der Waals surface area (Å²) in [6.45, 7) is 2.87. The molecule has 33 heavy (non-hydrogen) atoms. The van der Waals surface area contributed by atoms with Crippen molar-refractivity contribution >= 4 is 44.0 Å². The molecule has 3 aromatic rings. The van der Waals surface area contributed by atoms with E-state index >= 15 is 0 Å². The second-order valence-corrected chi connectivity index (χ2v) is 9.74. The number of aryl methyl sites for hydroxylation is 1. The van der Waals surface area contributed by atoms with Crippen molar-refractivity contribution in [2.45, 2.75) is 18.7 Å². The molecule has 11 heteroatoms. The number of thiophene rings is 1. The van der Waals surface area contributed by atoms with E-state index in [1.807, 2.05) is 0 Å². The molecule has 0 saturated heterocycles. The molecule has 1 amide bonds. The third-order valence-corrected chi connectivity index (χ3v) is 6.42. The molecule has 0 spiro atoms. The van der Waals surface area contributed by atoms with Gasteiger partial charge < -0.3 is 19.2 Å². The number of furan rings is 1. The Labute approximate surface area is 194 Å². The van der Waals surface area contributed by atoms with Crippen LogP contribution in [0.15, 0.2) is 51.1 Å². The number of nitrogens with one attached hydrogen (secondary N) is 1. The van der Waals surface area contributed by atoms with E-state index in [0.29, 0.717) is 17.1 Å². The van der Waals surface area contributed by atoms with Crippen LogP contribution in [0.5, 0.6) is 0 Å². The molecular formula is C22H21NO8S2. The molecule has 0 atom stereocenters. The van der Waals surface area contributed by atoms with E-state index in [2.05, 4.69) is 5.32 Å². The zero-order valence-electron chi connectivity index (χ0n) is 18.0. The summed E-state index contributed by atoms with van der Waals surface area (Å²) in [4.78, 5) is 37.2. The largest absolute Gasteiger partial charge is 0.462 e. The van der Waals surface area contributed by atoms with E-state index in [0.717, 1.165) is 17.6 Å². The van der Waals surface area contributed by atoms with Gasteiger partial charge in [-0.1, -0.05) is 12.1 Å². The molecule has 0 radical (unpaired) electrons. The standard InChI is InChI=1S/C22H21NO8S2/c1-4-29-22(26)19-15(16-10-9-13(2)31-16)12-32-20(19)23-18(24)11-30-21(25)14-7-5-6-8-17(14)33(3,27)28/h5-10,12H,4,11H2,1-3H3,(H,23,24). The predicted molar refractivity (Wildman–Crippen MR) is 121 cm³/mol. The molecule has 1 N–H and O–H groups in total. The van der Waals surface area contributed by atoms with Gasteiger partial charge in [-0.05, 0) is 38.1 Å². The minimum atomic E-state index is -3.67. The van der Waals surface area contributed by atoms with Crippen LogP contribution in [0.1, 0.15) is 33.4 Å². The van der Waals surface area contributed by atoms with Crippen molar-refractivity contribution < 1.29 is 36.7 Å². The second-order valence-electron chi connectivity index (χ2n) is 6.88. The highest BCUT2D eigenvalue weighted by Crippen LogP contribution is 2.37. The molecule has 2 aromatic heterocycles. The lowest BCUT2D eigenvalue weighted by Crippen LogP contribution is -2.22. The molecule has 2 heterocycles. The van der Waals surface area contributed by atoms with Crippen molar-refractivity contribution in [2.24, 2.45) is 0 Å². The first-order chi connectivity index (χ1) is 15.6. The lowest BCUT2D eigenvalue weighted by molar-refractivity contribution is -0.119. The van der Waals surface area contributed by atoms with Crippen molar-refractivity contribution in [2.75, 3.05) is 24.8 Å². The van der Waals surface area contributed by atoms with Crippen molar-refractivity contribution in [3.05, 3.63) is 58.7 Å². The lowest BCUT2D eigenvalue weighted by atomic mass is 10.1. The Balaban J connectivity index is 1.77. The molecule has 3 rings (SSSR count). The van der Waals surface area contributed by atoms with E-state index in [9.17, 15) is 22.8 Å². The number of benzene rings is 1. The van der Waals surface area contributed by atoms with Crippen molar-refractivity contribution in [1.29, 1.82) is 0 Å². The number of rotatable bonds is 8.